The van der Waals surface area contributed by atoms with Crippen LogP contribution in [0, 0.1) is 0 Å². The third-order valence-electron chi connectivity index (χ3n) is 4.62. The van der Waals surface area contributed by atoms with E-state index in [0.29, 0.717) is 19.6 Å². The van der Waals surface area contributed by atoms with Crippen molar-refractivity contribution in [3.63, 3.8) is 0 Å². The normalized spacial score (nSPS) is 17.1. The number of benzene rings is 1. The Bertz CT molecular complexity index is 630. The van der Waals surface area contributed by atoms with Crippen molar-refractivity contribution in [3.05, 3.63) is 35.9 Å². The van der Waals surface area contributed by atoms with Gasteiger partial charge in [-0.05, 0) is 45.6 Å². The quantitative estimate of drug-likeness (QED) is 0.781. The Hall–Kier alpha value is -2.28. The molecule has 2 N–H and O–H groups in total. The fourth-order valence-corrected chi connectivity index (χ4v) is 3.27. The predicted octanol–water partition coefficient (Wildman–Crippen LogP) is 2.98. The number of urea groups is 1. The first-order chi connectivity index (χ1) is 13.3. The summed E-state index contributed by atoms with van der Waals surface area (Å²) in [6.07, 6.45) is 2.46. The number of carbonyl (C=O) groups excluding carboxylic acids is 2. The monoisotopic (exact) mass is 391 g/mol. The molecular weight excluding hydrogens is 358 g/mol. The van der Waals surface area contributed by atoms with Gasteiger partial charge in [0.25, 0.3) is 0 Å². The first-order valence-corrected chi connectivity index (χ1v) is 9.97. The molecule has 1 saturated heterocycles. The average Bonchev–Trinajstić information content (AvgIpc) is 2.65. The van der Waals surface area contributed by atoms with E-state index in [4.69, 9.17) is 4.74 Å². The third kappa shape index (κ3) is 7.03. The summed E-state index contributed by atoms with van der Waals surface area (Å²) in [5.41, 5.74) is 0.454. The van der Waals surface area contributed by atoms with Crippen molar-refractivity contribution in [2.45, 2.75) is 58.2 Å². The highest BCUT2D eigenvalue weighted by Gasteiger charge is 2.31. The summed E-state index contributed by atoms with van der Waals surface area (Å²) in [6.45, 7) is 7.13. The van der Waals surface area contributed by atoms with Crippen molar-refractivity contribution in [2.75, 3.05) is 26.2 Å². The number of ether oxygens (including phenoxy) is 1. The van der Waals surface area contributed by atoms with Crippen molar-refractivity contribution in [1.82, 2.24) is 15.1 Å². The zero-order valence-electron chi connectivity index (χ0n) is 17.2. The molecule has 0 spiro atoms. The highest BCUT2D eigenvalue weighted by atomic mass is 16.6. The molecule has 0 radical (unpaired) electrons. The van der Waals surface area contributed by atoms with Crippen LogP contribution in [0.5, 0.6) is 0 Å². The number of nitrogens with zero attached hydrogens (tertiary/aromatic N) is 2. The molecular formula is C21H33N3O4. The van der Waals surface area contributed by atoms with Gasteiger partial charge >= 0.3 is 12.1 Å². The highest BCUT2D eigenvalue weighted by Crippen LogP contribution is 2.20. The molecule has 2 rings (SSSR count). The van der Waals surface area contributed by atoms with Gasteiger partial charge in [-0.15, -0.1) is 0 Å². The maximum Gasteiger partial charge on any atom is 0.410 e. The van der Waals surface area contributed by atoms with Gasteiger partial charge in [-0.3, -0.25) is 0 Å². The molecule has 0 bridgehead atoms. The van der Waals surface area contributed by atoms with Crippen LogP contribution in [0.25, 0.3) is 0 Å². The number of rotatable bonds is 6. The van der Waals surface area contributed by atoms with Crippen molar-refractivity contribution in [2.24, 2.45) is 0 Å². The molecule has 0 aliphatic carbocycles. The second kappa shape index (κ2) is 10.3. The number of carbonyl (C=O) groups is 2. The van der Waals surface area contributed by atoms with Gasteiger partial charge in [0, 0.05) is 26.2 Å². The van der Waals surface area contributed by atoms with E-state index in [2.05, 4.69) is 5.32 Å². The molecule has 28 heavy (non-hydrogen) atoms. The predicted molar refractivity (Wildman–Crippen MR) is 108 cm³/mol. The second-order valence-electron chi connectivity index (χ2n) is 8.14. The van der Waals surface area contributed by atoms with Gasteiger partial charge in [0.2, 0.25) is 0 Å². The molecule has 1 fully saturated rings. The van der Waals surface area contributed by atoms with Gasteiger partial charge in [0.15, 0.2) is 0 Å². The summed E-state index contributed by atoms with van der Waals surface area (Å²) in [7, 11) is 0. The van der Waals surface area contributed by atoms with Gasteiger partial charge in [-0.25, -0.2) is 9.59 Å². The van der Waals surface area contributed by atoms with Crippen molar-refractivity contribution >= 4 is 12.1 Å². The van der Waals surface area contributed by atoms with E-state index >= 15 is 0 Å². The Kier molecular flexibility index (Phi) is 8.11. The number of likely N-dealkylation sites (tertiary alicyclic amines) is 1. The highest BCUT2D eigenvalue weighted by molar-refractivity contribution is 5.74. The molecule has 1 aliphatic heterocycles. The number of aliphatic hydroxyl groups is 1. The lowest BCUT2D eigenvalue weighted by molar-refractivity contribution is 0.0100. The lowest BCUT2D eigenvalue weighted by Crippen LogP contribution is -2.52. The molecule has 1 heterocycles. The van der Waals surface area contributed by atoms with Crippen LogP contribution in [0.2, 0.25) is 0 Å². The SMILES string of the molecule is CC(C)(C)OC(=O)N1CCCCC1CNC(=O)N(CCO)Cc1ccccc1. The number of nitrogens with one attached hydrogen (secondary N) is 1. The number of hydrogen-bond donors (Lipinski definition) is 2. The smallest absolute Gasteiger partial charge is 0.410 e. The van der Waals surface area contributed by atoms with Crippen molar-refractivity contribution in [1.29, 1.82) is 0 Å². The summed E-state index contributed by atoms with van der Waals surface area (Å²) in [5, 5.41) is 12.2. The van der Waals surface area contributed by atoms with E-state index in [-0.39, 0.29) is 31.3 Å². The minimum atomic E-state index is -0.546. The van der Waals surface area contributed by atoms with Crippen molar-refractivity contribution < 1.29 is 19.4 Å². The van der Waals surface area contributed by atoms with E-state index in [0.717, 1.165) is 24.8 Å². The van der Waals surface area contributed by atoms with Crippen LogP contribution in [0.4, 0.5) is 9.59 Å². The summed E-state index contributed by atoms with van der Waals surface area (Å²) in [5.74, 6) is 0. The van der Waals surface area contributed by atoms with Gasteiger partial charge in [0.05, 0.1) is 12.6 Å². The second-order valence-corrected chi connectivity index (χ2v) is 8.14. The molecule has 1 aromatic carbocycles. The molecule has 1 unspecified atom stereocenters. The number of aliphatic hydroxyl groups excluding tert-OH is 1. The van der Waals surface area contributed by atoms with E-state index in [1.807, 2.05) is 51.1 Å². The first kappa shape index (κ1) is 22.0. The largest absolute Gasteiger partial charge is 0.444 e. The lowest BCUT2D eigenvalue weighted by atomic mass is 10.0. The summed E-state index contributed by atoms with van der Waals surface area (Å²) in [6, 6.07) is 9.34. The van der Waals surface area contributed by atoms with E-state index in [1.165, 1.54) is 0 Å². The van der Waals surface area contributed by atoms with Crippen LogP contribution >= 0.6 is 0 Å². The zero-order chi connectivity index (χ0) is 20.6. The maximum absolute atomic E-state index is 12.7. The lowest BCUT2D eigenvalue weighted by Gasteiger charge is -2.37. The van der Waals surface area contributed by atoms with E-state index in [9.17, 15) is 14.7 Å². The van der Waals surface area contributed by atoms with E-state index < -0.39 is 5.60 Å². The standard InChI is InChI=1S/C21H33N3O4/c1-21(2,3)28-20(27)24-12-8-7-11-18(24)15-22-19(26)23(13-14-25)16-17-9-5-4-6-10-17/h4-6,9-10,18,25H,7-8,11-16H2,1-3H3,(H,22,26). The molecule has 7 heteroatoms. The topological polar surface area (TPSA) is 82.1 Å². The van der Waals surface area contributed by atoms with Crippen LogP contribution in [0.3, 0.4) is 0 Å². The third-order valence-corrected chi connectivity index (χ3v) is 4.62. The fraction of sp³-hybridized carbons (Fsp3) is 0.619. The summed E-state index contributed by atoms with van der Waals surface area (Å²) < 4.78 is 5.51. The zero-order valence-corrected chi connectivity index (χ0v) is 17.2. The first-order valence-electron chi connectivity index (χ1n) is 9.97. The van der Waals surface area contributed by atoms with Gasteiger partial charge in [-0.2, -0.15) is 0 Å². The Balaban J connectivity index is 1.94. The fourth-order valence-electron chi connectivity index (χ4n) is 3.27. The average molecular weight is 392 g/mol. The number of amides is 3. The van der Waals surface area contributed by atoms with Gasteiger partial charge in [0.1, 0.15) is 5.60 Å². The molecule has 3 amide bonds. The minimum absolute atomic E-state index is 0.0831. The van der Waals surface area contributed by atoms with Gasteiger partial charge < -0.3 is 25.0 Å². The molecule has 0 aromatic heterocycles. The molecule has 7 nitrogen and oxygen atoms in total. The van der Waals surface area contributed by atoms with E-state index in [1.54, 1.807) is 9.80 Å². The van der Waals surface area contributed by atoms with Crippen molar-refractivity contribution in [3.8, 4) is 0 Å². The molecule has 1 atom stereocenters. The summed E-state index contributed by atoms with van der Waals surface area (Å²) >= 11 is 0. The van der Waals surface area contributed by atoms with Crippen LogP contribution in [-0.2, 0) is 11.3 Å². The Labute approximate surface area is 167 Å². The number of piperidine rings is 1. The van der Waals surface area contributed by atoms with Gasteiger partial charge in [-0.1, -0.05) is 30.3 Å². The molecule has 156 valence electrons. The van der Waals surface area contributed by atoms with Crippen LogP contribution in [0.15, 0.2) is 30.3 Å². The van der Waals surface area contributed by atoms with Crippen LogP contribution in [-0.4, -0.2) is 64.9 Å². The summed E-state index contributed by atoms with van der Waals surface area (Å²) in [4.78, 5) is 28.5. The molecule has 1 aromatic rings. The Morgan fingerprint density at radius 2 is 1.96 bits per heavy atom. The minimum Gasteiger partial charge on any atom is -0.444 e. The Morgan fingerprint density at radius 3 is 2.61 bits per heavy atom. The van der Waals surface area contributed by atoms with Crippen LogP contribution < -0.4 is 5.32 Å². The molecule has 1 aliphatic rings. The Morgan fingerprint density at radius 1 is 1.25 bits per heavy atom. The van der Waals surface area contributed by atoms with Crippen LogP contribution in [0.1, 0.15) is 45.6 Å². The molecule has 0 saturated carbocycles. The maximum atomic E-state index is 12.7. The number of hydrogen-bond acceptors (Lipinski definition) is 4.